The van der Waals surface area contributed by atoms with Crippen LogP contribution in [0.15, 0.2) is 0 Å². The van der Waals surface area contributed by atoms with Gasteiger partial charge in [-0.05, 0) is 142 Å². The van der Waals surface area contributed by atoms with Crippen molar-refractivity contribution in [1.82, 2.24) is 5.32 Å². The van der Waals surface area contributed by atoms with Crippen LogP contribution in [-0.4, -0.2) is 29.1 Å². The number of carbonyl (C=O) groups is 1. The molecule has 0 radical (unpaired) electrons. The minimum atomic E-state index is -0.376. The summed E-state index contributed by atoms with van der Waals surface area (Å²) in [6.07, 6.45) is 18.1. The molecule has 0 aromatic heterocycles. The van der Waals surface area contributed by atoms with E-state index >= 15 is 0 Å². The molecule has 0 aromatic rings. The standard InChI is InChI=1S/C31H49NO2/c1-18-3-5-23-20(11-18)4-6-25-24(23)9-10-30(2)26(25)7-8-27(30)28(33)17-32-29-21-12-19-13-22(29)16-31(34,14-19)15-21/h18-27,29,32,34H,3-17H2,1-2H3/t18-,19?,20+,21?,22?,23-,24?,25+,26?,27+,29?,30-,31?/m0/s1. The number of hydrogen-bond donors (Lipinski definition) is 2. The van der Waals surface area contributed by atoms with E-state index in [4.69, 9.17) is 0 Å². The van der Waals surface area contributed by atoms with Crippen LogP contribution in [0.3, 0.4) is 0 Å². The van der Waals surface area contributed by atoms with Gasteiger partial charge in [-0.2, -0.15) is 0 Å². The normalized spacial score (nSPS) is 57.7. The van der Waals surface area contributed by atoms with Crippen LogP contribution in [0.2, 0.25) is 0 Å². The Kier molecular flexibility index (Phi) is 5.38. The van der Waals surface area contributed by atoms with Crippen LogP contribution in [-0.2, 0) is 4.79 Å². The highest BCUT2D eigenvalue weighted by Crippen LogP contribution is 2.64. The number of nitrogens with one attached hydrogen (secondary N) is 1. The van der Waals surface area contributed by atoms with Crippen LogP contribution < -0.4 is 5.32 Å². The second kappa shape index (κ2) is 8.04. The number of ketones is 1. The van der Waals surface area contributed by atoms with Gasteiger partial charge in [0.25, 0.3) is 0 Å². The van der Waals surface area contributed by atoms with Gasteiger partial charge in [-0.1, -0.05) is 20.3 Å². The van der Waals surface area contributed by atoms with E-state index in [0.717, 1.165) is 67.1 Å². The Hall–Kier alpha value is -0.410. The predicted molar refractivity (Wildman–Crippen MR) is 135 cm³/mol. The molecule has 0 spiro atoms. The van der Waals surface area contributed by atoms with Crippen molar-refractivity contribution >= 4 is 5.78 Å². The van der Waals surface area contributed by atoms with E-state index in [1.807, 2.05) is 0 Å². The molecule has 0 aromatic carbocycles. The van der Waals surface area contributed by atoms with Crippen molar-refractivity contribution in [2.24, 2.45) is 64.6 Å². The number of aliphatic hydroxyl groups is 1. The monoisotopic (exact) mass is 467 g/mol. The molecule has 8 rings (SSSR count). The summed E-state index contributed by atoms with van der Waals surface area (Å²) < 4.78 is 0. The summed E-state index contributed by atoms with van der Waals surface area (Å²) in [7, 11) is 0. The van der Waals surface area contributed by atoms with Gasteiger partial charge in [-0.15, -0.1) is 0 Å². The van der Waals surface area contributed by atoms with Crippen molar-refractivity contribution in [2.75, 3.05) is 6.54 Å². The van der Waals surface area contributed by atoms with E-state index in [0.29, 0.717) is 30.2 Å². The molecule has 3 heteroatoms. The van der Waals surface area contributed by atoms with Gasteiger partial charge < -0.3 is 10.4 Å². The molecule has 0 aliphatic heterocycles. The lowest BCUT2D eigenvalue weighted by atomic mass is 9.49. The molecule has 2 N–H and O–H groups in total. The molecule has 10 atom stereocenters. The zero-order valence-corrected chi connectivity index (χ0v) is 21.8. The van der Waals surface area contributed by atoms with Crippen LogP contribution in [0.1, 0.15) is 104 Å². The maximum absolute atomic E-state index is 13.7. The van der Waals surface area contributed by atoms with E-state index in [1.165, 1.54) is 64.2 Å². The van der Waals surface area contributed by atoms with Crippen molar-refractivity contribution in [3.63, 3.8) is 0 Å². The highest BCUT2D eigenvalue weighted by atomic mass is 16.3. The summed E-state index contributed by atoms with van der Waals surface area (Å²) in [5, 5.41) is 14.7. The first kappa shape index (κ1) is 22.8. The number of rotatable bonds is 4. The highest BCUT2D eigenvalue weighted by Gasteiger charge is 2.59. The molecule has 190 valence electrons. The fourth-order valence-electron chi connectivity index (χ4n) is 12.3. The second-order valence-corrected chi connectivity index (χ2v) is 15.1. The Balaban J connectivity index is 1.01. The lowest BCUT2D eigenvalue weighted by Crippen LogP contribution is -2.61. The lowest BCUT2D eigenvalue weighted by molar-refractivity contribution is -0.141. The largest absolute Gasteiger partial charge is 0.390 e. The van der Waals surface area contributed by atoms with Crippen molar-refractivity contribution in [3.05, 3.63) is 0 Å². The molecule has 3 nitrogen and oxygen atoms in total. The fourth-order valence-corrected chi connectivity index (χ4v) is 12.3. The fraction of sp³-hybridized carbons (Fsp3) is 0.968. The smallest absolute Gasteiger partial charge is 0.150 e. The third kappa shape index (κ3) is 3.45. The summed E-state index contributed by atoms with van der Waals surface area (Å²) in [5.41, 5.74) is -0.118. The van der Waals surface area contributed by atoms with Crippen LogP contribution >= 0.6 is 0 Å². The number of fused-ring (bicyclic) bond motifs is 5. The minimum absolute atomic E-state index is 0.258. The quantitative estimate of drug-likeness (QED) is 0.534. The topological polar surface area (TPSA) is 49.3 Å². The molecule has 0 saturated heterocycles. The van der Waals surface area contributed by atoms with Crippen LogP contribution in [0, 0.1) is 64.6 Å². The summed E-state index contributed by atoms with van der Waals surface area (Å²) in [5.74, 6) is 8.38. The maximum atomic E-state index is 13.7. The molecule has 4 bridgehead atoms. The predicted octanol–water partition coefficient (Wildman–Crippen LogP) is 5.99. The van der Waals surface area contributed by atoms with Gasteiger partial charge in [0, 0.05) is 12.0 Å². The summed E-state index contributed by atoms with van der Waals surface area (Å²) in [6.45, 7) is 5.59. The zero-order chi connectivity index (χ0) is 23.2. The van der Waals surface area contributed by atoms with Gasteiger partial charge in [-0.3, -0.25) is 4.79 Å². The first-order valence-electron chi connectivity index (χ1n) is 15.3. The molecule has 34 heavy (non-hydrogen) atoms. The molecule has 8 saturated carbocycles. The molecule has 0 heterocycles. The average Bonchev–Trinajstić information content (AvgIpc) is 3.14. The number of Topliss-reactive ketones (excluding diaryl/α,β-unsaturated/α-hetero) is 1. The van der Waals surface area contributed by atoms with Crippen LogP contribution in [0.4, 0.5) is 0 Å². The molecular formula is C31H49NO2. The zero-order valence-electron chi connectivity index (χ0n) is 21.8. The van der Waals surface area contributed by atoms with Gasteiger partial charge in [0.15, 0.2) is 0 Å². The van der Waals surface area contributed by atoms with Gasteiger partial charge in [0.2, 0.25) is 0 Å². The average molecular weight is 468 g/mol. The van der Waals surface area contributed by atoms with E-state index in [9.17, 15) is 9.90 Å². The summed E-state index contributed by atoms with van der Waals surface area (Å²) in [6, 6.07) is 0.477. The van der Waals surface area contributed by atoms with Crippen molar-refractivity contribution < 1.29 is 9.90 Å². The Bertz CT molecular complexity index is 808. The third-order valence-corrected chi connectivity index (χ3v) is 13.4. The highest BCUT2D eigenvalue weighted by molar-refractivity contribution is 5.84. The Morgan fingerprint density at radius 2 is 1.62 bits per heavy atom. The Morgan fingerprint density at radius 1 is 0.853 bits per heavy atom. The van der Waals surface area contributed by atoms with Gasteiger partial charge in [-0.25, -0.2) is 0 Å². The Labute approximate surface area is 207 Å². The van der Waals surface area contributed by atoms with Crippen LogP contribution in [0.25, 0.3) is 0 Å². The Morgan fingerprint density at radius 3 is 2.38 bits per heavy atom. The number of hydrogen-bond acceptors (Lipinski definition) is 3. The summed E-state index contributed by atoms with van der Waals surface area (Å²) in [4.78, 5) is 13.7. The molecule has 8 aliphatic rings. The number of carbonyl (C=O) groups excluding carboxylic acids is 1. The van der Waals surface area contributed by atoms with Gasteiger partial charge in [0.05, 0.1) is 12.1 Å². The molecule has 4 unspecified atom stereocenters. The van der Waals surface area contributed by atoms with Gasteiger partial charge in [0.1, 0.15) is 5.78 Å². The van der Waals surface area contributed by atoms with E-state index < -0.39 is 0 Å². The summed E-state index contributed by atoms with van der Waals surface area (Å²) >= 11 is 0. The van der Waals surface area contributed by atoms with Crippen molar-refractivity contribution in [1.29, 1.82) is 0 Å². The molecule has 0 amide bonds. The maximum Gasteiger partial charge on any atom is 0.150 e. The first-order valence-corrected chi connectivity index (χ1v) is 15.3. The molecule has 8 fully saturated rings. The van der Waals surface area contributed by atoms with Crippen molar-refractivity contribution in [3.8, 4) is 0 Å². The van der Waals surface area contributed by atoms with E-state index in [2.05, 4.69) is 19.2 Å². The van der Waals surface area contributed by atoms with E-state index in [-0.39, 0.29) is 16.9 Å². The molecular weight excluding hydrogens is 418 g/mol. The van der Waals surface area contributed by atoms with E-state index in [1.54, 1.807) is 0 Å². The lowest BCUT2D eigenvalue weighted by Gasteiger charge is -2.58. The SMILES string of the molecule is C[C@H]1CC[C@@H]2C3CC[C@@]4(C)C(CC[C@@H]4C(=O)CNC4C5CC6CC4CC(O)(C6)C5)[C@@H]3CC[C@@H]2C1. The first-order chi connectivity index (χ1) is 16.3. The minimum Gasteiger partial charge on any atom is -0.390 e. The second-order valence-electron chi connectivity index (χ2n) is 15.1. The molecule has 8 aliphatic carbocycles. The van der Waals surface area contributed by atoms with Crippen molar-refractivity contribution in [2.45, 2.75) is 115 Å². The third-order valence-electron chi connectivity index (χ3n) is 13.4. The van der Waals surface area contributed by atoms with Crippen LogP contribution in [0.5, 0.6) is 0 Å². The van der Waals surface area contributed by atoms with Gasteiger partial charge >= 0.3 is 0 Å².